The van der Waals surface area contributed by atoms with E-state index in [1.165, 1.54) is 11.1 Å². The highest BCUT2D eigenvalue weighted by Crippen LogP contribution is 2.29. The van der Waals surface area contributed by atoms with Crippen LogP contribution in [0.2, 0.25) is 0 Å². The van der Waals surface area contributed by atoms with Gasteiger partial charge in [-0.3, -0.25) is 0 Å². The lowest BCUT2D eigenvalue weighted by molar-refractivity contribution is 0.883. The Morgan fingerprint density at radius 3 is 2.28 bits per heavy atom. The largest absolute Gasteiger partial charge is 0.378 e. The Bertz CT molecular complexity index is 535. The van der Waals surface area contributed by atoms with Crippen molar-refractivity contribution in [1.82, 2.24) is 0 Å². The van der Waals surface area contributed by atoms with E-state index in [0.717, 1.165) is 14.6 Å². The molecule has 0 spiro atoms. The number of anilines is 1. The SMILES string of the molecule is Cc1ccc(C(C)Nc2ccc(Br)cc2Br)cc1. The summed E-state index contributed by atoms with van der Waals surface area (Å²) in [6, 6.07) is 15.1. The summed E-state index contributed by atoms with van der Waals surface area (Å²) in [4.78, 5) is 0. The minimum Gasteiger partial charge on any atom is -0.378 e. The Morgan fingerprint density at radius 2 is 1.67 bits per heavy atom. The van der Waals surface area contributed by atoms with E-state index < -0.39 is 0 Å². The molecule has 2 rings (SSSR count). The van der Waals surface area contributed by atoms with Crippen LogP contribution in [-0.4, -0.2) is 0 Å². The number of halogens is 2. The second-order valence-electron chi connectivity index (χ2n) is 4.40. The summed E-state index contributed by atoms with van der Waals surface area (Å²) in [5.41, 5.74) is 3.68. The van der Waals surface area contributed by atoms with E-state index in [2.05, 4.69) is 81.4 Å². The van der Waals surface area contributed by atoms with Crippen molar-refractivity contribution in [1.29, 1.82) is 0 Å². The minimum atomic E-state index is 0.281. The van der Waals surface area contributed by atoms with Gasteiger partial charge in [-0.15, -0.1) is 0 Å². The van der Waals surface area contributed by atoms with Crippen molar-refractivity contribution in [2.75, 3.05) is 5.32 Å². The van der Waals surface area contributed by atoms with Gasteiger partial charge in [0.25, 0.3) is 0 Å². The normalized spacial score (nSPS) is 12.2. The molecule has 0 saturated heterocycles. The van der Waals surface area contributed by atoms with Gasteiger partial charge in [0.15, 0.2) is 0 Å². The number of hydrogen-bond donors (Lipinski definition) is 1. The van der Waals surface area contributed by atoms with Gasteiger partial charge in [-0.1, -0.05) is 45.8 Å². The molecule has 3 heteroatoms. The third-order valence-corrected chi connectivity index (χ3v) is 4.03. The number of nitrogens with one attached hydrogen (secondary N) is 1. The molecule has 0 radical (unpaired) electrons. The number of rotatable bonds is 3. The highest BCUT2D eigenvalue weighted by molar-refractivity contribution is 9.11. The topological polar surface area (TPSA) is 12.0 Å². The second kappa shape index (κ2) is 5.89. The molecule has 0 bridgehead atoms. The molecule has 94 valence electrons. The average molecular weight is 369 g/mol. The maximum Gasteiger partial charge on any atom is 0.0490 e. The Labute approximate surface area is 125 Å². The molecule has 0 aliphatic carbocycles. The zero-order valence-corrected chi connectivity index (χ0v) is 13.5. The predicted molar refractivity (Wildman–Crippen MR) is 85.1 cm³/mol. The summed E-state index contributed by atoms with van der Waals surface area (Å²) in [6.45, 7) is 4.27. The van der Waals surface area contributed by atoms with Crippen LogP contribution in [0.25, 0.3) is 0 Å². The Balaban J connectivity index is 2.15. The number of hydrogen-bond acceptors (Lipinski definition) is 1. The van der Waals surface area contributed by atoms with Gasteiger partial charge in [-0.2, -0.15) is 0 Å². The van der Waals surface area contributed by atoms with Gasteiger partial charge in [0, 0.05) is 20.7 Å². The lowest BCUT2D eigenvalue weighted by Crippen LogP contribution is -2.06. The summed E-state index contributed by atoms with van der Waals surface area (Å²) in [6.07, 6.45) is 0. The zero-order chi connectivity index (χ0) is 13.1. The molecule has 0 fully saturated rings. The van der Waals surface area contributed by atoms with Gasteiger partial charge in [0.1, 0.15) is 0 Å². The van der Waals surface area contributed by atoms with Gasteiger partial charge in [0.2, 0.25) is 0 Å². The van der Waals surface area contributed by atoms with E-state index in [-0.39, 0.29) is 6.04 Å². The van der Waals surface area contributed by atoms with Crippen LogP contribution in [0.4, 0.5) is 5.69 Å². The van der Waals surface area contributed by atoms with Crippen LogP contribution in [0.1, 0.15) is 24.1 Å². The van der Waals surface area contributed by atoms with Crippen molar-refractivity contribution in [2.45, 2.75) is 19.9 Å². The minimum absolute atomic E-state index is 0.281. The van der Waals surface area contributed by atoms with Crippen molar-refractivity contribution in [2.24, 2.45) is 0 Å². The Morgan fingerprint density at radius 1 is 1.00 bits per heavy atom. The molecule has 1 nitrogen and oxygen atoms in total. The van der Waals surface area contributed by atoms with Crippen molar-refractivity contribution >= 4 is 37.5 Å². The highest BCUT2D eigenvalue weighted by Gasteiger charge is 2.07. The fraction of sp³-hybridized carbons (Fsp3) is 0.200. The summed E-state index contributed by atoms with van der Waals surface area (Å²) < 4.78 is 2.14. The summed E-state index contributed by atoms with van der Waals surface area (Å²) in [5.74, 6) is 0. The number of benzene rings is 2. The lowest BCUT2D eigenvalue weighted by atomic mass is 10.1. The molecular weight excluding hydrogens is 354 g/mol. The average Bonchev–Trinajstić information content (AvgIpc) is 2.33. The molecule has 0 aliphatic rings. The molecule has 0 saturated carbocycles. The van der Waals surface area contributed by atoms with E-state index in [1.54, 1.807) is 0 Å². The van der Waals surface area contributed by atoms with E-state index in [0.29, 0.717) is 0 Å². The fourth-order valence-electron chi connectivity index (χ4n) is 1.78. The van der Waals surface area contributed by atoms with Crippen LogP contribution in [0.5, 0.6) is 0 Å². The maximum atomic E-state index is 3.57. The summed E-state index contributed by atoms with van der Waals surface area (Å²) in [5, 5.41) is 3.51. The zero-order valence-electron chi connectivity index (χ0n) is 10.4. The van der Waals surface area contributed by atoms with E-state index in [9.17, 15) is 0 Å². The van der Waals surface area contributed by atoms with E-state index in [4.69, 9.17) is 0 Å². The first kappa shape index (κ1) is 13.6. The van der Waals surface area contributed by atoms with E-state index in [1.807, 2.05) is 12.1 Å². The third kappa shape index (κ3) is 3.36. The van der Waals surface area contributed by atoms with Crippen molar-refractivity contribution < 1.29 is 0 Å². The molecule has 0 heterocycles. The van der Waals surface area contributed by atoms with Crippen LogP contribution in [-0.2, 0) is 0 Å². The molecule has 1 atom stereocenters. The molecule has 0 aliphatic heterocycles. The third-order valence-electron chi connectivity index (χ3n) is 2.88. The molecule has 2 aromatic rings. The maximum absolute atomic E-state index is 3.57. The van der Waals surface area contributed by atoms with Gasteiger partial charge < -0.3 is 5.32 Å². The Kier molecular flexibility index (Phi) is 4.46. The van der Waals surface area contributed by atoms with Crippen molar-refractivity contribution in [3.8, 4) is 0 Å². The van der Waals surface area contributed by atoms with Gasteiger partial charge in [-0.05, 0) is 53.5 Å². The second-order valence-corrected chi connectivity index (χ2v) is 6.17. The molecule has 0 amide bonds. The van der Waals surface area contributed by atoms with Crippen molar-refractivity contribution in [3.05, 3.63) is 62.5 Å². The lowest BCUT2D eigenvalue weighted by Gasteiger charge is -2.17. The summed E-state index contributed by atoms with van der Waals surface area (Å²) in [7, 11) is 0. The van der Waals surface area contributed by atoms with Gasteiger partial charge in [0.05, 0.1) is 0 Å². The highest BCUT2D eigenvalue weighted by atomic mass is 79.9. The quantitative estimate of drug-likeness (QED) is 0.733. The van der Waals surface area contributed by atoms with Crippen LogP contribution < -0.4 is 5.32 Å². The Hall–Kier alpha value is -0.800. The van der Waals surface area contributed by atoms with Crippen LogP contribution in [0.3, 0.4) is 0 Å². The summed E-state index contributed by atoms with van der Waals surface area (Å²) >= 11 is 7.02. The molecule has 1 N–H and O–H groups in total. The molecular formula is C15H15Br2N. The van der Waals surface area contributed by atoms with Gasteiger partial charge in [-0.25, -0.2) is 0 Å². The smallest absolute Gasteiger partial charge is 0.0490 e. The standard InChI is InChI=1S/C15H15Br2N/c1-10-3-5-12(6-4-10)11(2)18-15-8-7-13(16)9-14(15)17/h3-9,11,18H,1-2H3. The molecule has 18 heavy (non-hydrogen) atoms. The van der Waals surface area contributed by atoms with Crippen LogP contribution >= 0.6 is 31.9 Å². The first-order valence-corrected chi connectivity index (χ1v) is 7.43. The number of aryl methyl sites for hydroxylation is 1. The fourth-order valence-corrected chi connectivity index (χ4v) is 2.94. The predicted octanol–water partition coefficient (Wildman–Crippen LogP) is 5.69. The van der Waals surface area contributed by atoms with Crippen molar-refractivity contribution in [3.63, 3.8) is 0 Å². The first-order chi connectivity index (χ1) is 8.56. The first-order valence-electron chi connectivity index (χ1n) is 5.84. The van der Waals surface area contributed by atoms with Crippen LogP contribution in [0, 0.1) is 6.92 Å². The molecule has 0 aromatic heterocycles. The van der Waals surface area contributed by atoms with Crippen LogP contribution in [0.15, 0.2) is 51.4 Å². The monoisotopic (exact) mass is 367 g/mol. The molecule has 1 unspecified atom stereocenters. The van der Waals surface area contributed by atoms with Gasteiger partial charge >= 0.3 is 0 Å². The molecule has 2 aromatic carbocycles. The van der Waals surface area contributed by atoms with E-state index >= 15 is 0 Å².